The van der Waals surface area contributed by atoms with Crippen molar-refractivity contribution in [1.29, 1.82) is 0 Å². The lowest BCUT2D eigenvalue weighted by molar-refractivity contribution is 0.500. The van der Waals surface area contributed by atoms with Gasteiger partial charge in [0.05, 0.1) is 0 Å². The van der Waals surface area contributed by atoms with Crippen molar-refractivity contribution in [3.8, 4) is 0 Å². The molecule has 100 valence electrons. The average molecular weight is 248 g/mol. The van der Waals surface area contributed by atoms with Gasteiger partial charge in [-0.25, -0.2) is 0 Å². The predicted molar refractivity (Wildman–Crippen MR) is 75.3 cm³/mol. The predicted octanol–water partition coefficient (Wildman–Crippen LogP) is 5.03. The van der Waals surface area contributed by atoms with Gasteiger partial charge in [-0.15, -0.1) is 0 Å². The summed E-state index contributed by atoms with van der Waals surface area (Å²) in [5, 5.41) is 0. The molecule has 0 aliphatic heterocycles. The number of hydrogen-bond acceptors (Lipinski definition) is 2. The topological polar surface area (TPSA) is 26.3 Å². The Kier molecular flexibility index (Phi) is 4.44. The molecule has 2 aromatic rings. The Bertz CT molecular complexity index is 447. The van der Waals surface area contributed by atoms with Crippen molar-refractivity contribution in [2.45, 2.75) is 55.4 Å². The van der Waals surface area contributed by atoms with Gasteiger partial charge in [-0.2, -0.15) is 0 Å². The summed E-state index contributed by atoms with van der Waals surface area (Å²) >= 11 is 0. The Morgan fingerprint density at radius 2 is 0.556 bits per heavy atom. The van der Waals surface area contributed by atoms with Gasteiger partial charge in [0.25, 0.3) is 0 Å². The molecule has 0 saturated carbocycles. The van der Waals surface area contributed by atoms with Crippen LogP contribution in [0.2, 0.25) is 0 Å². The maximum atomic E-state index is 5.34. The molecule has 0 saturated heterocycles. The second-order valence-corrected chi connectivity index (χ2v) is 4.93. The molecule has 2 rings (SSSR count). The van der Waals surface area contributed by atoms with E-state index in [2.05, 4.69) is 27.7 Å². The van der Waals surface area contributed by atoms with Crippen LogP contribution in [0.1, 0.15) is 45.3 Å². The van der Waals surface area contributed by atoms with Crippen LogP contribution in [0.3, 0.4) is 0 Å². The van der Waals surface area contributed by atoms with Gasteiger partial charge in [0, 0.05) is 0 Å². The minimum atomic E-state index is 1.05. The molecular formula is C16H24O2. The van der Waals surface area contributed by atoms with E-state index in [4.69, 9.17) is 8.83 Å². The third-order valence-corrected chi connectivity index (χ3v) is 3.85. The number of aryl methyl sites for hydroxylation is 4. The molecular weight excluding hydrogens is 224 g/mol. The van der Waals surface area contributed by atoms with Gasteiger partial charge in [-0.3, -0.25) is 0 Å². The number of furan rings is 2. The second-order valence-electron chi connectivity index (χ2n) is 4.93. The third kappa shape index (κ3) is 2.87. The summed E-state index contributed by atoms with van der Waals surface area (Å²) in [5.41, 5.74) is 5.14. The Morgan fingerprint density at radius 1 is 0.389 bits per heavy atom. The van der Waals surface area contributed by atoms with Crippen LogP contribution < -0.4 is 0 Å². The molecule has 2 aromatic heterocycles. The van der Waals surface area contributed by atoms with Gasteiger partial charge in [0.1, 0.15) is 23.0 Å². The van der Waals surface area contributed by atoms with Crippen molar-refractivity contribution in [2.24, 2.45) is 0 Å². The van der Waals surface area contributed by atoms with E-state index in [9.17, 15) is 0 Å². The Morgan fingerprint density at radius 3 is 0.611 bits per heavy atom. The molecule has 0 aliphatic carbocycles. The SMILES string of the molecule is Cc1oc(C)c(C)c1C.Cc1oc(C)c(C)c1C. The molecule has 2 heterocycles. The molecule has 0 radical (unpaired) electrons. The first-order chi connectivity index (χ1) is 8.25. The van der Waals surface area contributed by atoms with Crippen molar-refractivity contribution in [3.05, 3.63) is 45.3 Å². The van der Waals surface area contributed by atoms with Crippen molar-refractivity contribution in [2.75, 3.05) is 0 Å². The van der Waals surface area contributed by atoms with Crippen molar-refractivity contribution >= 4 is 0 Å². The zero-order valence-corrected chi connectivity index (χ0v) is 12.8. The fraction of sp³-hybridized carbons (Fsp3) is 0.500. The van der Waals surface area contributed by atoms with E-state index in [-0.39, 0.29) is 0 Å². The maximum absolute atomic E-state index is 5.34. The molecule has 2 nitrogen and oxygen atoms in total. The highest BCUT2D eigenvalue weighted by molar-refractivity contribution is 5.30. The summed E-state index contributed by atoms with van der Waals surface area (Å²) in [6.07, 6.45) is 0. The van der Waals surface area contributed by atoms with E-state index in [0.717, 1.165) is 23.0 Å². The Hall–Kier alpha value is -1.44. The lowest BCUT2D eigenvalue weighted by Gasteiger charge is -1.85. The zero-order chi connectivity index (χ0) is 14.0. The van der Waals surface area contributed by atoms with Crippen LogP contribution in [-0.4, -0.2) is 0 Å². The zero-order valence-electron chi connectivity index (χ0n) is 12.8. The lowest BCUT2D eigenvalue weighted by atomic mass is 10.2. The fourth-order valence-corrected chi connectivity index (χ4v) is 1.82. The van der Waals surface area contributed by atoms with Crippen molar-refractivity contribution in [3.63, 3.8) is 0 Å². The van der Waals surface area contributed by atoms with Crippen LogP contribution in [-0.2, 0) is 0 Å². The smallest absolute Gasteiger partial charge is 0.104 e. The molecule has 0 fully saturated rings. The standard InChI is InChI=1S/2C8H12O/c2*1-5-6(2)8(4)9-7(5)3/h2*1-4H3. The molecule has 0 unspecified atom stereocenters. The Labute approximate surface area is 110 Å². The van der Waals surface area contributed by atoms with Gasteiger partial charge >= 0.3 is 0 Å². The van der Waals surface area contributed by atoms with Crippen LogP contribution in [0.4, 0.5) is 0 Å². The van der Waals surface area contributed by atoms with Gasteiger partial charge in [-0.05, 0) is 77.6 Å². The van der Waals surface area contributed by atoms with E-state index in [1.807, 2.05) is 27.7 Å². The molecule has 0 aliphatic rings. The quantitative estimate of drug-likeness (QED) is 0.654. The van der Waals surface area contributed by atoms with Crippen LogP contribution >= 0.6 is 0 Å². The molecule has 0 spiro atoms. The average Bonchev–Trinajstić information content (AvgIpc) is 2.66. The van der Waals surface area contributed by atoms with Gasteiger partial charge < -0.3 is 8.83 Å². The van der Waals surface area contributed by atoms with Crippen LogP contribution in [0.15, 0.2) is 8.83 Å². The van der Waals surface area contributed by atoms with Gasteiger partial charge in [0.2, 0.25) is 0 Å². The van der Waals surface area contributed by atoms with E-state index in [0.29, 0.717) is 0 Å². The fourth-order valence-electron chi connectivity index (χ4n) is 1.82. The minimum absolute atomic E-state index is 1.05. The number of rotatable bonds is 0. The first-order valence-electron chi connectivity index (χ1n) is 6.32. The first-order valence-corrected chi connectivity index (χ1v) is 6.32. The summed E-state index contributed by atoms with van der Waals surface area (Å²) in [4.78, 5) is 0. The molecule has 0 amide bonds. The first kappa shape index (κ1) is 14.6. The van der Waals surface area contributed by atoms with Crippen LogP contribution in [0, 0.1) is 55.4 Å². The van der Waals surface area contributed by atoms with E-state index >= 15 is 0 Å². The molecule has 0 aromatic carbocycles. The highest BCUT2D eigenvalue weighted by Gasteiger charge is 2.04. The second kappa shape index (κ2) is 5.47. The van der Waals surface area contributed by atoms with Crippen molar-refractivity contribution in [1.82, 2.24) is 0 Å². The minimum Gasteiger partial charge on any atom is -0.466 e. The normalized spacial score (nSPS) is 10.2. The van der Waals surface area contributed by atoms with Gasteiger partial charge in [0.15, 0.2) is 0 Å². The third-order valence-electron chi connectivity index (χ3n) is 3.85. The van der Waals surface area contributed by atoms with E-state index in [1.54, 1.807) is 0 Å². The Balaban J connectivity index is 0.000000180. The monoisotopic (exact) mass is 248 g/mol. The van der Waals surface area contributed by atoms with E-state index in [1.165, 1.54) is 22.3 Å². The largest absolute Gasteiger partial charge is 0.466 e. The van der Waals surface area contributed by atoms with Crippen molar-refractivity contribution < 1.29 is 8.83 Å². The van der Waals surface area contributed by atoms with Gasteiger partial charge in [-0.1, -0.05) is 0 Å². The number of hydrogen-bond donors (Lipinski definition) is 0. The molecule has 18 heavy (non-hydrogen) atoms. The highest BCUT2D eigenvalue weighted by atomic mass is 16.3. The molecule has 0 N–H and O–H groups in total. The lowest BCUT2D eigenvalue weighted by Crippen LogP contribution is -1.73. The summed E-state index contributed by atoms with van der Waals surface area (Å²) in [6, 6.07) is 0. The van der Waals surface area contributed by atoms with Crippen LogP contribution in [0.5, 0.6) is 0 Å². The summed E-state index contributed by atoms with van der Waals surface area (Å²) in [5.74, 6) is 4.19. The molecule has 0 bridgehead atoms. The highest BCUT2D eigenvalue weighted by Crippen LogP contribution is 2.19. The molecule has 2 heteroatoms. The summed E-state index contributed by atoms with van der Waals surface area (Å²) in [6.45, 7) is 16.3. The maximum Gasteiger partial charge on any atom is 0.104 e. The summed E-state index contributed by atoms with van der Waals surface area (Å²) in [7, 11) is 0. The summed E-state index contributed by atoms with van der Waals surface area (Å²) < 4.78 is 10.7. The van der Waals surface area contributed by atoms with E-state index < -0.39 is 0 Å². The van der Waals surface area contributed by atoms with Crippen LogP contribution in [0.25, 0.3) is 0 Å². The molecule has 0 atom stereocenters.